The Hall–Kier alpha value is -3.74. The number of hydrogen-bond acceptors (Lipinski definition) is 5. The SMILES string of the molecule is C/C(=N/NC(=O)c1ccco1)c1ccc(NC(=O)c2cccnc2)cc1. The Morgan fingerprint density at radius 2 is 1.81 bits per heavy atom. The first-order chi connectivity index (χ1) is 12.6. The average Bonchev–Trinajstić information content (AvgIpc) is 3.22. The molecule has 0 radical (unpaired) electrons. The third-order valence-electron chi connectivity index (χ3n) is 3.55. The van der Waals surface area contributed by atoms with Gasteiger partial charge in [0.05, 0.1) is 17.5 Å². The van der Waals surface area contributed by atoms with Crippen LogP contribution in [0.4, 0.5) is 5.69 Å². The topological polar surface area (TPSA) is 96.6 Å². The lowest BCUT2D eigenvalue weighted by molar-refractivity contribution is 0.0926. The molecule has 0 aliphatic carbocycles. The number of carbonyl (C=O) groups is 2. The van der Waals surface area contributed by atoms with Crippen molar-refractivity contribution in [1.82, 2.24) is 10.4 Å². The van der Waals surface area contributed by atoms with Crippen LogP contribution in [0.1, 0.15) is 33.4 Å². The lowest BCUT2D eigenvalue weighted by Crippen LogP contribution is -2.18. The molecule has 0 saturated carbocycles. The molecule has 0 fully saturated rings. The highest BCUT2D eigenvalue weighted by Gasteiger charge is 2.08. The van der Waals surface area contributed by atoms with Crippen molar-refractivity contribution < 1.29 is 14.0 Å². The van der Waals surface area contributed by atoms with Gasteiger partial charge in [-0.15, -0.1) is 0 Å². The molecule has 2 amide bonds. The Bertz CT molecular complexity index is 917. The monoisotopic (exact) mass is 348 g/mol. The first-order valence-electron chi connectivity index (χ1n) is 7.83. The number of nitrogens with zero attached hydrogens (tertiary/aromatic N) is 2. The first-order valence-corrected chi connectivity index (χ1v) is 7.83. The summed E-state index contributed by atoms with van der Waals surface area (Å²) < 4.78 is 5.00. The molecule has 0 unspecified atom stereocenters. The molecule has 7 nitrogen and oxygen atoms in total. The van der Waals surface area contributed by atoms with Gasteiger partial charge >= 0.3 is 5.91 Å². The Morgan fingerprint density at radius 3 is 2.46 bits per heavy atom. The smallest absolute Gasteiger partial charge is 0.307 e. The summed E-state index contributed by atoms with van der Waals surface area (Å²) in [5, 5.41) is 6.84. The van der Waals surface area contributed by atoms with E-state index in [2.05, 4.69) is 20.8 Å². The van der Waals surface area contributed by atoms with Gasteiger partial charge in [0.1, 0.15) is 0 Å². The quantitative estimate of drug-likeness (QED) is 0.547. The van der Waals surface area contributed by atoms with E-state index in [-0.39, 0.29) is 11.7 Å². The van der Waals surface area contributed by atoms with Gasteiger partial charge in [0, 0.05) is 18.1 Å². The summed E-state index contributed by atoms with van der Waals surface area (Å²) in [7, 11) is 0. The first kappa shape index (κ1) is 17.1. The lowest BCUT2D eigenvalue weighted by Gasteiger charge is -2.06. The zero-order valence-electron chi connectivity index (χ0n) is 14.0. The van der Waals surface area contributed by atoms with Crippen molar-refractivity contribution >= 4 is 23.2 Å². The van der Waals surface area contributed by atoms with Crippen LogP contribution in [0.25, 0.3) is 0 Å². The fraction of sp³-hybridized carbons (Fsp3) is 0.0526. The van der Waals surface area contributed by atoms with E-state index >= 15 is 0 Å². The highest BCUT2D eigenvalue weighted by Crippen LogP contribution is 2.12. The molecule has 2 heterocycles. The number of furan rings is 1. The average molecular weight is 348 g/mol. The Kier molecular flexibility index (Phi) is 5.19. The van der Waals surface area contributed by atoms with Gasteiger partial charge in [-0.2, -0.15) is 5.10 Å². The third kappa shape index (κ3) is 4.21. The van der Waals surface area contributed by atoms with Gasteiger partial charge in [0.2, 0.25) is 0 Å². The van der Waals surface area contributed by atoms with Gasteiger partial charge in [-0.1, -0.05) is 12.1 Å². The second-order valence-electron chi connectivity index (χ2n) is 5.39. The number of carbonyl (C=O) groups excluding carboxylic acids is 2. The molecule has 3 aromatic rings. The maximum absolute atomic E-state index is 12.1. The summed E-state index contributed by atoms with van der Waals surface area (Å²) in [6.45, 7) is 1.77. The minimum Gasteiger partial charge on any atom is -0.459 e. The summed E-state index contributed by atoms with van der Waals surface area (Å²) in [5.74, 6) is -0.466. The van der Waals surface area contributed by atoms with E-state index in [1.165, 1.54) is 12.5 Å². The molecule has 7 heteroatoms. The number of benzene rings is 1. The van der Waals surface area contributed by atoms with Crippen LogP contribution in [0.2, 0.25) is 0 Å². The summed E-state index contributed by atoms with van der Waals surface area (Å²) >= 11 is 0. The summed E-state index contributed by atoms with van der Waals surface area (Å²) in [5.41, 5.74) is 4.99. The number of pyridine rings is 1. The molecule has 2 N–H and O–H groups in total. The highest BCUT2D eigenvalue weighted by molar-refractivity contribution is 6.04. The summed E-state index contributed by atoms with van der Waals surface area (Å²) in [4.78, 5) is 27.8. The molecule has 0 spiro atoms. The van der Waals surface area contributed by atoms with Crippen LogP contribution in [-0.4, -0.2) is 22.5 Å². The molecule has 0 saturated heterocycles. The van der Waals surface area contributed by atoms with Crippen LogP contribution < -0.4 is 10.7 Å². The van der Waals surface area contributed by atoms with Gasteiger partial charge in [-0.3, -0.25) is 14.6 Å². The maximum Gasteiger partial charge on any atom is 0.307 e. The van der Waals surface area contributed by atoms with E-state index in [9.17, 15) is 9.59 Å². The van der Waals surface area contributed by atoms with Gasteiger partial charge in [0.15, 0.2) is 5.76 Å². The zero-order valence-corrected chi connectivity index (χ0v) is 14.0. The second-order valence-corrected chi connectivity index (χ2v) is 5.39. The molecule has 2 aromatic heterocycles. The van der Waals surface area contributed by atoms with Crippen molar-refractivity contribution in [2.75, 3.05) is 5.32 Å². The Balaban J connectivity index is 1.62. The number of anilines is 1. The number of rotatable bonds is 5. The fourth-order valence-electron chi connectivity index (χ4n) is 2.16. The van der Waals surface area contributed by atoms with Crippen molar-refractivity contribution in [2.24, 2.45) is 5.10 Å². The van der Waals surface area contributed by atoms with Gasteiger partial charge < -0.3 is 9.73 Å². The largest absolute Gasteiger partial charge is 0.459 e. The molecular weight excluding hydrogens is 332 g/mol. The van der Waals surface area contributed by atoms with Gasteiger partial charge in [-0.05, 0) is 48.9 Å². The normalized spacial score (nSPS) is 11.0. The van der Waals surface area contributed by atoms with Crippen LogP contribution in [0.3, 0.4) is 0 Å². The standard InChI is InChI=1S/C19H16N4O3/c1-13(22-23-19(25)17-5-3-11-26-17)14-6-8-16(9-7-14)21-18(24)15-4-2-10-20-12-15/h2-12H,1H3,(H,21,24)(H,23,25)/b22-13-. The molecule has 0 aliphatic heterocycles. The molecular formula is C19H16N4O3. The molecule has 3 rings (SSSR count). The third-order valence-corrected chi connectivity index (χ3v) is 3.55. The van der Waals surface area contributed by atoms with Crippen LogP contribution in [-0.2, 0) is 0 Å². The molecule has 0 aliphatic rings. The summed E-state index contributed by atoms with van der Waals surface area (Å²) in [6, 6.07) is 13.7. The van der Waals surface area contributed by atoms with E-state index in [0.29, 0.717) is 17.0 Å². The van der Waals surface area contributed by atoms with Crippen molar-refractivity contribution in [1.29, 1.82) is 0 Å². The van der Waals surface area contributed by atoms with E-state index in [0.717, 1.165) is 5.56 Å². The lowest BCUT2D eigenvalue weighted by atomic mass is 10.1. The predicted octanol–water partition coefficient (Wildman–Crippen LogP) is 3.08. The van der Waals surface area contributed by atoms with Crippen molar-refractivity contribution in [3.8, 4) is 0 Å². The van der Waals surface area contributed by atoms with Crippen LogP contribution in [0.15, 0.2) is 76.7 Å². The maximum atomic E-state index is 12.1. The second kappa shape index (κ2) is 7.89. The zero-order chi connectivity index (χ0) is 18.4. The van der Waals surface area contributed by atoms with Gasteiger partial charge in [0.25, 0.3) is 5.91 Å². The molecule has 130 valence electrons. The van der Waals surface area contributed by atoms with Crippen LogP contribution in [0, 0.1) is 0 Å². The Morgan fingerprint density at radius 1 is 1.00 bits per heavy atom. The predicted molar refractivity (Wildman–Crippen MR) is 97.0 cm³/mol. The van der Waals surface area contributed by atoms with Crippen molar-refractivity contribution in [3.05, 3.63) is 84.1 Å². The summed E-state index contributed by atoms with van der Waals surface area (Å²) in [6.07, 6.45) is 4.53. The van der Waals surface area contributed by atoms with Gasteiger partial charge in [-0.25, -0.2) is 5.43 Å². The molecule has 26 heavy (non-hydrogen) atoms. The number of aromatic nitrogens is 1. The minimum atomic E-state index is -0.422. The van der Waals surface area contributed by atoms with Crippen molar-refractivity contribution in [3.63, 3.8) is 0 Å². The van der Waals surface area contributed by atoms with E-state index in [4.69, 9.17) is 4.42 Å². The van der Waals surface area contributed by atoms with E-state index < -0.39 is 5.91 Å². The minimum absolute atomic E-state index is 0.190. The highest BCUT2D eigenvalue weighted by atomic mass is 16.3. The fourth-order valence-corrected chi connectivity index (χ4v) is 2.16. The Labute approximate surface area is 149 Å². The van der Waals surface area contributed by atoms with Crippen LogP contribution >= 0.6 is 0 Å². The number of hydrogen-bond donors (Lipinski definition) is 2. The van der Waals surface area contributed by atoms with E-state index in [1.807, 2.05) is 0 Å². The molecule has 0 atom stereocenters. The van der Waals surface area contributed by atoms with Crippen LogP contribution in [0.5, 0.6) is 0 Å². The molecule has 1 aromatic carbocycles. The number of amides is 2. The van der Waals surface area contributed by atoms with Crippen molar-refractivity contribution in [2.45, 2.75) is 6.92 Å². The van der Waals surface area contributed by atoms with E-state index in [1.54, 1.807) is 61.7 Å². The number of hydrazone groups is 1. The number of nitrogens with one attached hydrogen (secondary N) is 2. The molecule has 0 bridgehead atoms.